The van der Waals surface area contributed by atoms with Gasteiger partial charge in [-0.15, -0.1) is 0 Å². The molecular formula is C18H19N3. The average molecular weight is 277 g/mol. The van der Waals surface area contributed by atoms with E-state index in [0.717, 1.165) is 17.9 Å². The zero-order valence-electron chi connectivity index (χ0n) is 12.2. The summed E-state index contributed by atoms with van der Waals surface area (Å²) in [5.74, 6) is 1.10. The standard InChI is InChI=1S/C18H19N3/c1-21-17-9-5-4-8-16(17)20-18(21)12-19-15-11-10-13-6-2-3-7-14(13)15/h2-9,15,19H,10-12H2,1H3/t15-/m0/s1. The first-order valence-corrected chi connectivity index (χ1v) is 7.54. The van der Waals surface area contributed by atoms with Gasteiger partial charge in [-0.1, -0.05) is 36.4 Å². The van der Waals surface area contributed by atoms with Crippen LogP contribution in [0.4, 0.5) is 0 Å². The number of imidazole rings is 1. The van der Waals surface area contributed by atoms with Crippen molar-refractivity contribution < 1.29 is 0 Å². The number of nitrogens with one attached hydrogen (secondary N) is 1. The van der Waals surface area contributed by atoms with Crippen LogP contribution in [0.15, 0.2) is 48.5 Å². The molecule has 0 radical (unpaired) electrons. The van der Waals surface area contributed by atoms with E-state index < -0.39 is 0 Å². The SMILES string of the molecule is Cn1c(CN[C@H]2CCc3ccccc32)nc2ccccc21. The van der Waals surface area contributed by atoms with E-state index in [1.54, 1.807) is 0 Å². The van der Waals surface area contributed by atoms with Gasteiger partial charge in [-0.25, -0.2) is 4.98 Å². The van der Waals surface area contributed by atoms with E-state index in [1.807, 2.05) is 6.07 Å². The second kappa shape index (κ2) is 5.01. The van der Waals surface area contributed by atoms with Crippen LogP contribution in [0.25, 0.3) is 11.0 Å². The Balaban J connectivity index is 1.56. The molecule has 1 N–H and O–H groups in total. The topological polar surface area (TPSA) is 29.9 Å². The van der Waals surface area contributed by atoms with E-state index in [9.17, 15) is 0 Å². The maximum absolute atomic E-state index is 4.73. The fourth-order valence-electron chi connectivity index (χ4n) is 3.34. The van der Waals surface area contributed by atoms with Crippen LogP contribution in [0.3, 0.4) is 0 Å². The Bertz CT molecular complexity index is 788. The number of hydrogen-bond acceptors (Lipinski definition) is 2. The summed E-state index contributed by atoms with van der Waals surface area (Å²) in [6.45, 7) is 0.810. The Morgan fingerprint density at radius 3 is 2.86 bits per heavy atom. The van der Waals surface area contributed by atoms with Gasteiger partial charge in [0.1, 0.15) is 5.82 Å². The Hall–Kier alpha value is -2.13. The lowest BCUT2D eigenvalue weighted by atomic mass is 10.1. The second-order valence-corrected chi connectivity index (χ2v) is 5.75. The molecule has 0 bridgehead atoms. The molecule has 0 saturated carbocycles. The van der Waals surface area contributed by atoms with Gasteiger partial charge in [-0.3, -0.25) is 0 Å². The third-order valence-corrected chi connectivity index (χ3v) is 4.52. The van der Waals surface area contributed by atoms with Crippen LogP contribution in [0, 0.1) is 0 Å². The molecule has 2 aromatic carbocycles. The Kier molecular flexibility index (Phi) is 3.00. The number of aromatic nitrogens is 2. The Labute approximate surface area is 124 Å². The molecule has 3 heteroatoms. The molecule has 0 aliphatic heterocycles. The van der Waals surface area contributed by atoms with Crippen LogP contribution in [-0.4, -0.2) is 9.55 Å². The number of hydrogen-bond donors (Lipinski definition) is 1. The van der Waals surface area contributed by atoms with E-state index in [2.05, 4.69) is 59.4 Å². The van der Waals surface area contributed by atoms with Gasteiger partial charge in [0.05, 0.1) is 17.6 Å². The molecule has 0 saturated heterocycles. The molecule has 1 aromatic heterocycles. The Morgan fingerprint density at radius 2 is 1.95 bits per heavy atom. The molecule has 21 heavy (non-hydrogen) atoms. The van der Waals surface area contributed by atoms with Gasteiger partial charge in [0, 0.05) is 13.1 Å². The number of aryl methyl sites for hydroxylation is 2. The van der Waals surface area contributed by atoms with Crippen LogP contribution >= 0.6 is 0 Å². The summed E-state index contributed by atoms with van der Waals surface area (Å²) in [4.78, 5) is 4.73. The van der Waals surface area contributed by atoms with Crippen LogP contribution in [0.5, 0.6) is 0 Å². The fraction of sp³-hybridized carbons (Fsp3) is 0.278. The summed E-state index contributed by atoms with van der Waals surface area (Å²) in [5.41, 5.74) is 5.21. The van der Waals surface area contributed by atoms with Crippen molar-refractivity contribution in [1.82, 2.24) is 14.9 Å². The van der Waals surface area contributed by atoms with E-state index in [1.165, 1.54) is 29.5 Å². The maximum atomic E-state index is 4.73. The summed E-state index contributed by atoms with van der Waals surface area (Å²) in [5, 5.41) is 3.67. The summed E-state index contributed by atoms with van der Waals surface area (Å²) in [6, 6.07) is 17.5. The lowest BCUT2D eigenvalue weighted by Crippen LogP contribution is -2.20. The minimum Gasteiger partial charge on any atom is -0.330 e. The van der Waals surface area contributed by atoms with Crippen molar-refractivity contribution in [3.63, 3.8) is 0 Å². The van der Waals surface area contributed by atoms with Gasteiger partial charge in [0.2, 0.25) is 0 Å². The van der Waals surface area contributed by atoms with Crippen molar-refractivity contribution >= 4 is 11.0 Å². The summed E-state index contributed by atoms with van der Waals surface area (Å²) in [6.07, 6.45) is 2.36. The highest BCUT2D eigenvalue weighted by Crippen LogP contribution is 2.30. The van der Waals surface area contributed by atoms with E-state index in [4.69, 9.17) is 4.98 Å². The lowest BCUT2D eigenvalue weighted by Gasteiger charge is -2.13. The Morgan fingerprint density at radius 1 is 1.14 bits per heavy atom. The molecule has 106 valence electrons. The molecule has 1 aliphatic carbocycles. The minimum atomic E-state index is 0.459. The molecule has 4 rings (SSSR count). The van der Waals surface area contributed by atoms with Gasteiger partial charge in [-0.2, -0.15) is 0 Å². The zero-order valence-corrected chi connectivity index (χ0v) is 12.2. The van der Waals surface area contributed by atoms with Gasteiger partial charge in [0.25, 0.3) is 0 Å². The number of rotatable bonds is 3. The summed E-state index contributed by atoms with van der Waals surface area (Å²) < 4.78 is 2.18. The van der Waals surface area contributed by atoms with E-state index >= 15 is 0 Å². The van der Waals surface area contributed by atoms with E-state index in [0.29, 0.717) is 6.04 Å². The summed E-state index contributed by atoms with van der Waals surface area (Å²) >= 11 is 0. The average Bonchev–Trinajstić information content (AvgIpc) is 3.07. The molecule has 1 atom stereocenters. The largest absolute Gasteiger partial charge is 0.330 e. The van der Waals surface area contributed by atoms with Crippen molar-refractivity contribution in [2.75, 3.05) is 0 Å². The predicted molar refractivity (Wildman–Crippen MR) is 85.1 cm³/mol. The summed E-state index contributed by atoms with van der Waals surface area (Å²) in [7, 11) is 2.09. The first kappa shape index (κ1) is 12.6. The molecule has 1 aliphatic rings. The number of fused-ring (bicyclic) bond motifs is 2. The molecular weight excluding hydrogens is 258 g/mol. The fourth-order valence-corrected chi connectivity index (χ4v) is 3.34. The minimum absolute atomic E-state index is 0.459. The third-order valence-electron chi connectivity index (χ3n) is 4.52. The first-order chi connectivity index (χ1) is 10.3. The quantitative estimate of drug-likeness (QED) is 0.795. The normalized spacial score (nSPS) is 17.3. The van der Waals surface area contributed by atoms with Gasteiger partial charge in [-0.05, 0) is 36.1 Å². The van der Waals surface area contributed by atoms with Crippen molar-refractivity contribution in [2.24, 2.45) is 7.05 Å². The third kappa shape index (κ3) is 2.14. The molecule has 0 amide bonds. The van der Waals surface area contributed by atoms with Crippen molar-refractivity contribution in [1.29, 1.82) is 0 Å². The van der Waals surface area contributed by atoms with Crippen LogP contribution in [0.2, 0.25) is 0 Å². The smallest absolute Gasteiger partial charge is 0.123 e. The van der Waals surface area contributed by atoms with Crippen molar-refractivity contribution in [3.05, 3.63) is 65.5 Å². The van der Waals surface area contributed by atoms with Crippen LogP contribution in [0.1, 0.15) is 29.4 Å². The highest BCUT2D eigenvalue weighted by Gasteiger charge is 2.21. The molecule has 3 nitrogen and oxygen atoms in total. The molecule has 0 spiro atoms. The van der Waals surface area contributed by atoms with E-state index in [-0.39, 0.29) is 0 Å². The zero-order chi connectivity index (χ0) is 14.2. The predicted octanol–water partition coefficient (Wildman–Crippen LogP) is 3.35. The first-order valence-electron chi connectivity index (χ1n) is 7.54. The molecule has 3 aromatic rings. The monoisotopic (exact) mass is 277 g/mol. The highest BCUT2D eigenvalue weighted by molar-refractivity contribution is 5.75. The number of benzene rings is 2. The van der Waals surface area contributed by atoms with Crippen LogP contribution in [-0.2, 0) is 20.0 Å². The molecule has 0 fully saturated rings. The maximum Gasteiger partial charge on any atom is 0.123 e. The lowest BCUT2D eigenvalue weighted by molar-refractivity contribution is 0.513. The second-order valence-electron chi connectivity index (χ2n) is 5.75. The van der Waals surface area contributed by atoms with Gasteiger partial charge >= 0.3 is 0 Å². The van der Waals surface area contributed by atoms with Crippen LogP contribution < -0.4 is 5.32 Å². The van der Waals surface area contributed by atoms with Gasteiger partial charge < -0.3 is 9.88 Å². The molecule has 0 unspecified atom stereocenters. The molecule has 1 heterocycles. The van der Waals surface area contributed by atoms with Crippen molar-refractivity contribution in [3.8, 4) is 0 Å². The number of nitrogens with zero attached hydrogens (tertiary/aromatic N) is 2. The highest BCUT2D eigenvalue weighted by atomic mass is 15.1. The van der Waals surface area contributed by atoms with Crippen molar-refractivity contribution in [2.45, 2.75) is 25.4 Å². The van der Waals surface area contributed by atoms with Gasteiger partial charge in [0.15, 0.2) is 0 Å². The number of para-hydroxylation sites is 2.